The number of benzene rings is 1. The van der Waals surface area contributed by atoms with Gasteiger partial charge in [0.15, 0.2) is 11.8 Å². The molecule has 1 aromatic carbocycles. The van der Waals surface area contributed by atoms with Crippen LogP contribution < -0.4 is 16.0 Å². The summed E-state index contributed by atoms with van der Waals surface area (Å²) < 4.78 is 16.9. The number of aliphatic hydroxyl groups is 1. The summed E-state index contributed by atoms with van der Waals surface area (Å²) in [6.45, 7) is 6.02. The largest absolute Gasteiger partial charge is 0.394 e. The Morgan fingerprint density at radius 1 is 1.05 bits per heavy atom. The van der Waals surface area contributed by atoms with E-state index in [0.29, 0.717) is 13.1 Å². The molecule has 0 bridgehead atoms. The minimum atomic E-state index is -0.750. The Hall–Kier alpha value is -4.29. The number of piperazine rings is 1. The van der Waals surface area contributed by atoms with Crippen LogP contribution in [0.2, 0.25) is 0 Å². The van der Waals surface area contributed by atoms with E-state index in [1.54, 1.807) is 29.3 Å². The average molecular weight is 531 g/mol. The molecule has 5 heterocycles. The molecular formula is C27H31FN10O. The zero-order valence-electron chi connectivity index (χ0n) is 21.7. The van der Waals surface area contributed by atoms with Crippen molar-refractivity contribution in [2.24, 2.45) is 10.7 Å². The van der Waals surface area contributed by atoms with Crippen LogP contribution in [0.4, 0.5) is 10.2 Å². The van der Waals surface area contributed by atoms with E-state index in [1.165, 1.54) is 12.1 Å². The summed E-state index contributed by atoms with van der Waals surface area (Å²) in [6, 6.07) is 8.37. The highest BCUT2D eigenvalue weighted by atomic mass is 19.1. The van der Waals surface area contributed by atoms with Crippen LogP contribution in [0, 0.1) is 5.82 Å². The molecule has 3 aromatic heterocycles. The van der Waals surface area contributed by atoms with E-state index >= 15 is 0 Å². The number of nitrogens with zero attached hydrogens (tertiary/aromatic N) is 8. The van der Waals surface area contributed by atoms with Gasteiger partial charge in [-0.1, -0.05) is 12.1 Å². The van der Waals surface area contributed by atoms with E-state index in [9.17, 15) is 4.39 Å². The van der Waals surface area contributed by atoms with E-state index in [2.05, 4.69) is 36.4 Å². The fourth-order valence-corrected chi connectivity index (χ4v) is 5.08. The summed E-state index contributed by atoms with van der Waals surface area (Å²) in [5.74, 6) is 1.43. The number of rotatable bonds is 6. The SMILES string of the molecule is C[C@@](N)(C1=CNC(N2CCN(c3ncnn4cc(-c5cnn(CCO)c5)cc34)CC2)=NC1)c1ccc(F)cc1. The molecule has 0 amide bonds. The number of aromatic nitrogens is 5. The molecule has 6 rings (SSSR count). The highest BCUT2D eigenvalue weighted by Crippen LogP contribution is 2.29. The first-order chi connectivity index (χ1) is 18.9. The molecule has 11 nitrogen and oxygen atoms in total. The van der Waals surface area contributed by atoms with E-state index in [0.717, 1.165) is 65.7 Å². The van der Waals surface area contributed by atoms with Gasteiger partial charge in [0.05, 0.1) is 31.4 Å². The molecule has 2 aliphatic heterocycles. The van der Waals surface area contributed by atoms with Crippen molar-refractivity contribution in [1.82, 2.24) is 34.6 Å². The quantitative estimate of drug-likeness (QED) is 0.343. The van der Waals surface area contributed by atoms with Gasteiger partial charge in [-0.3, -0.25) is 4.68 Å². The third-order valence-electron chi connectivity index (χ3n) is 7.45. The Labute approximate surface area is 225 Å². The second-order valence-corrected chi connectivity index (χ2v) is 10.00. The number of nitrogens with one attached hydrogen (secondary N) is 1. The van der Waals surface area contributed by atoms with Crippen LogP contribution in [-0.2, 0) is 12.1 Å². The predicted octanol–water partition coefficient (Wildman–Crippen LogP) is 1.56. The van der Waals surface area contributed by atoms with Gasteiger partial charge in [-0.2, -0.15) is 10.2 Å². The molecule has 0 spiro atoms. The molecule has 4 aromatic rings. The summed E-state index contributed by atoms with van der Waals surface area (Å²) in [5, 5.41) is 21.2. The topological polar surface area (TPSA) is 125 Å². The number of aliphatic imine (C=N–C) groups is 1. The molecule has 202 valence electrons. The van der Waals surface area contributed by atoms with Crippen molar-refractivity contribution < 1.29 is 9.50 Å². The normalized spacial score (nSPS) is 17.5. The lowest BCUT2D eigenvalue weighted by Gasteiger charge is -2.38. The van der Waals surface area contributed by atoms with Gasteiger partial charge in [0.1, 0.15) is 17.7 Å². The molecule has 1 fully saturated rings. The Morgan fingerprint density at radius 3 is 2.54 bits per heavy atom. The molecule has 12 heteroatoms. The van der Waals surface area contributed by atoms with Crippen molar-refractivity contribution in [3.8, 4) is 11.1 Å². The zero-order chi connectivity index (χ0) is 27.0. The monoisotopic (exact) mass is 530 g/mol. The van der Waals surface area contributed by atoms with E-state index in [4.69, 9.17) is 15.8 Å². The molecule has 2 aliphatic rings. The molecule has 4 N–H and O–H groups in total. The van der Waals surface area contributed by atoms with Crippen molar-refractivity contribution in [2.75, 3.05) is 44.2 Å². The number of hydrogen-bond acceptors (Lipinski definition) is 9. The van der Waals surface area contributed by atoms with Crippen molar-refractivity contribution in [3.05, 3.63) is 78.4 Å². The summed E-state index contributed by atoms with van der Waals surface area (Å²) >= 11 is 0. The van der Waals surface area contributed by atoms with Gasteiger partial charge in [0.2, 0.25) is 0 Å². The van der Waals surface area contributed by atoms with Crippen LogP contribution in [0.25, 0.3) is 16.6 Å². The van der Waals surface area contributed by atoms with Gasteiger partial charge < -0.3 is 26.0 Å². The minimum absolute atomic E-state index is 0.0439. The molecule has 0 unspecified atom stereocenters. The molecular weight excluding hydrogens is 499 g/mol. The Kier molecular flexibility index (Phi) is 6.49. The standard InChI is InChI=1S/C27H31FN10O/c1-27(29,21-2-4-23(28)5-3-21)22-14-30-26(31-15-22)36-8-6-35(7-9-36)25-24-12-19(17-38(24)34-18-32-25)20-13-33-37(16-20)10-11-39/h2-5,12-14,16-18,39H,6-11,15,29H2,1H3,(H,30,31)/t27-/m0/s1. The third-order valence-corrected chi connectivity index (χ3v) is 7.45. The number of guanidine groups is 1. The smallest absolute Gasteiger partial charge is 0.198 e. The lowest BCUT2D eigenvalue weighted by Crippen LogP contribution is -2.53. The Bertz CT molecular complexity index is 1530. The van der Waals surface area contributed by atoms with Crippen molar-refractivity contribution in [3.63, 3.8) is 0 Å². The summed E-state index contributed by atoms with van der Waals surface area (Å²) in [5.41, 5.74) is 10.5. The molecule has 1 atom stereocenters. The maximum atomic E-state index is 13.4. The number of nitrogens with two attached hydrogens (primary N) is 1. The van der Waals surface area contributed by atoms with E-state index in [-0.39, 0.29) is 12.4 Å². The fraction of sp³-hybridized carbons (Fsp3) is 0.333. The molecule has 0 saturated carbocycles. The minimum Gasteiger partial charge on any atom is -0.394 e. The van der Waals surface area contributed by atoms with Crippen LogP contribution in [-0.4, -0.2) is 79.7 Å². The average Bonchev–Trinajstić information content (AvgIpc) is 3.61. The second-order valence-electron chi connectivity index (χ2n) is 10.00. The highest BCUT2D eigenvalue weighted by Gasteiger charge is 2.29. The third kappa shape index (κ3) is 4.84. The first-order valence-electron chi connectivity index (χ1n) is 12.9. The van der Waals surface area contributed by atoms with E-state index < -0.39 is 5.54 Å². The van der Waals surface area contributed by atoms with Crippen LogP contribution in [0.15, 0.2) is 72.0 Å². The van der Waals surface area contributed by atoms with Gasteiger partial charge in [-0.15, -0.1) is 0 Å². The molecule has 0 aliphatic carbocycles. The van der Waals surface area contributed by atoms with Crippen molar-refractivity contribution >= 4 is 17.3 Å². The van der Waals surface area contributed by atoms with Crippen molar-refractivity contribution in [2.45, 2.75) is 19.0 Å². The maximum absolute atomic E-state index is 13.4. The number of halogens is 1. The molecule has 0 radical (unpaired) electrons. The number of fused-ring (bicyclic) bond motifs is 1. The van der Waals surface area contributed by atoms with Gasteiger partial charge in [-0.05, 0) is 36.3 Å². The van der Waals surface area contributed by atoms with Gasteiger partial charge in [-0.25, -0.2) is 18.9 Å². The second kappa shape index (κ2) is 10.1. The fourth-order valence-electron chi connectivity index (χ4n) is 5.08. The van der Waals surface area contributed by atoms with Crippen LogP contribution in [0.5, 0.6) is 0 Å². The number of aliphatic hydroxyl groups excluding tert-OH is 1. The van der Waals surface area contributed by atoms with Gasteiger partial charge in [0, 0.05) is 55.9 Å². The van der Waals surface area contributed by atoms with Gasteiger partial charge >= 0.3 is 0 Å². The van der Waals surface area contributed by atoms with E-state index in [1.807, 2.05) is 30.0 Å². The first kappa shape index (κ1) is 25.0. The van der Waals surface area contributed by atoms with Gasteiger partial charge in [0.25, 0.3) is 0 Å². The lowest BCUT2D eigenvalue weighted by molar-refractivity contribution is 0.269. The summed E-state index contributed by atoms with van der Waals surface area (Å²) in [4.78, 5) is 13.9. The predicted molar refractivity (Wildman–Crippen MR) is 147 cm³/mol. The Balaban J connectivity index is 1.11. The van der Waals surface area contributed by atoms with Crippen LogP contribution >= 0.6 is 0 Å². The summed E-state index contributed by atoms with van der Waals surface area (Å²) in [7, 11) is 0. The summed E-state index contributed by atoms with van der Waals surface area (Å²) in [6.07, 6.45) is 9.19. The molecule has 1 saturated heterocycles. The first-order valence-corrected chi connectivity index (χ1v) is 12.9. The number of anilines is 1. The maximum Gasteiger partial charge on any atom is 0.198 e. The highest BCUT2D eigenvalue weighted by molar-refractivity contribution is 5.83. The number of hydrogen-bond donors (Lipinski definition) is 3. The Morgan fingerprint density at radius 2 is 1.82 bits per heavy atom. The zero-order valence-corrected chi connectivity index (χ0v) is 21.7. The van der Waals surface area contributed by atoms with Crippen molar-refractivity contribution in [1.29, 1.82) is 0 Å². The van der Waals surface area contributed by atoms with Crippen LogP contribution in [0.3, 0.4) is 0 Å². The van der Waals surface area contributed by atoms with Crippen LogP contribution in [0.1, 0.15) is 12.5 Å². The lowest BCUT2D eigenvalue weighted by atomic mass is 9.85. The molecule has 39 heavy (non-hydrogen) atoms.